The summed E-state index contributed by atoms with van der Waals surface area (Å²) in [4.78, 5) is 13.7. The number of benzene rings is 1. The lowest BCUT2D eigenvalue weighted by Crippen LogP contribution is -2.09. The molecule has 2 nitrogen and oxygen atoms in total. The van der Waals surface area contributed by atoms with Crippen LogP contribution in [-0.4, -0.2) is 5.91 Å². The van der Waals surface area contributed by atoms with Gasteiger partial charge in [0.1, 0.15) is 0 Å². The first-order valence-corrected chi connectivity index (χ1v) is 6.39. The molecule has 0 bridgehead atoms. The Morgan fingerprint density at radius 2 is 1.88 bits per heavy atom. The van der Waals surface area contributed by atoms with Crippen LogP contribution in [0.4, 0.5) is 5.69 Å². The van der Waals surface area contributed by atoms with E-state index in [1.165, 1.54) is 11.3 Å². The Kier molecular flexibility index (Phi) is 3.41. The van der Waals surface area contributed by atoms with Crippen LogP contribution in [0.25, 0.3) is 0 Å². The van der Waals surface area contributed by atoms with Crippen molar-refractivity contribution in [3.63, 3.8) is 0 Å². The summed E-state index contributed by atoms with van der Waals surface area (Å²) in [6.45, 7) is 1.99. The molecule has 82 valence electrons. The Hall–Kier alpha value is -1.13. The number of amides is 1. The summed E-state index contributed by atoms with van der Waals surface area (Å²) < 4.78 is 0.998. The van der Waals surface area contributed by atoms with Gasteiger partial charge in [0.15, 0.2) is 0 Å². The Balaban J connectivity index is 2.10. The van der Waals surface area contributed by atoms with Gasteiger partial charge >= 0.3 is 0 Å². The first kappa shape index (κ1) is 11.4. The standard InChI is InChI=1S/C12H10BrNOS/c1-8-2-7-11(16-8)12(15)14-10-5-3-9(13)4-6-10/h2-7H,1H3,(H,14,15). The number of hydrogen-bond donors (Lipinski definition) is 1. The molecule has 1 aromatic heterocycles. The molecule has 16 heavy (non-hydrogen) atoms. The second-order valence-electron chi connectivity index (χ2n) is 3.37. The predicted octanol–water partition coefficient (Wildman–Crippen LogP) is 4.07. The molecule has 1 heterocycles. The van der Waals surface area contributed by atoms with Crippen LogP contribution in [0.1, 0.15) is 14.5 Å². The highest BCUT2D eigenvalue weighted by Crippen LogP contribution is 2.18. The van der Waals surface area contributed by atoms with Gasteiger partial charge in [-0.2, -0.15) is 0 Å². The fourth-order valence-electron chi connectivity index (χ4n) is 1.28. The molecule has 0 fully saturated rings. The zero-order valence-electron chi connectivity index (χ0n) is 8.66. The molecule has 4 heteroatoms. The van der Waals surface area contributed by atoms with Gasteiger partial charge in [-0.1, -0.05) is 15.9 Å². The van der Waals surface area contributed by atoms with Crippen LogP contribution in [0, 0.1) is 6.92 Å². The maximum atomic E-state index is 11.8. The maximum absolute atomic E-state index is 11.8. The summed E-state index contributed by atoms with van der Waals surface area (Å²) in [5.41, 5.74) is 0.805. The number of carbonyl (C=O) groups excluding carboxylic acids is 1. The van der Waals surface area contributed by atoms with E-state index in [1.807, 2.05) is 43.3 Å². The maximum Gasteiger partial charge on any atom is 0.265 e. The third-order valence-electron chi connectivity index (χ3n) is 2.07. The minimum atomic E-state index is -0.0552. The Morgan fingerprint density at radius 3 is 2.44 bits per heavy atom. The average molecular weight is 296 g/mol. The molecule has 0 aliphatic rings. The molecule has 1 N–H and O–H groups in total. The third kappa shape index (κ3) is 2.71. The first-order chi connectivity index (χ1) is 7.65. The predicted molar refractivity (Wildman–Crippen MR) is 71.2 cm³/mol. The van der Waals surface area contributed by atoms with E-state index in [2.05, 4.69) is 21.2 Å². The number of nitrogens with one attached hydrogen (secondary N) is 1. The van der Waals surface area contributed by atoms with Gasteiger partial charge in [-0.3, -0.25) is 4.79 Å². The third-order valence-corrected chi connectivity index (χ3v) is 3.59. The smallest absolute Gasteiger partial charge is 0.265 e. The van der Waals surface area contributed by atoms with E-state index in [1.54, 1.807) is 0 Å². The van der Waals surface area contributed by atoms with Crippen molar-refractivity contribution in [2.75, 3.05) is 5.32 Å². The van der Waals surface area contributed by atoms with Gasteiger partial charge in [-0.05, 0) is 43.3 Å². The Bertz CT molecular complexity index is 504. The summed E-state index contributed by atoms with van der Waals surface area (Å²) in [5, 5.41) is 2.85. The van der Waals surface area contributed by atoms with Crippen molar-refractivity contribution in [3.8, 4) is 0 Å². The molecule has 0 aliphatic heterocycles. The van der Waals surface area contributed by atoms with Crippen LogP contribution in [-0.2, 0) is 0 Å². The number of thiophene rings is 1. The van der Waals surface area contributed by atoms with E-state index >= 15 is 0 Å². The molecule has 0 saturated heterocycles. The average Bonchev–Trinajstić information content (AvgIpc) is 2.68. The van der Waals surface area contributed by atoms with E-state index < -0.39 is 0 Å². The highest BCUT2D eigenvalue weighted by molar-refractivity contribution is 9.10. The van der Waals surface area contributed by atoms with Crippen molar-refractivity contribution >= 4 is 38.9 Å². The monoisotopic (exact) mass is 295 g/mol. The molecule has 0 atom stereocenters. The normalized spacial score (nSPS) is 10.1. The number of aryl methyl sites for hydroxylation is 1. The van der Waals surface area contributed by atoms with Gasteiger partial charge in [0, 0.05) is 15.0 Å². The molecule has 1 amide bonds. The van der Waals surface area contributed by atoms with E-state index in [9.17, 15) is 4.79 Å². The number of anilines is 1. The van der Waals surface area contributed by atoms with Gasteiger partial charge in [0.2, 0.25) is 0 Å². The molecular formula is C12H10BrNOS. The van der Waals surface area contributed by atoms with E-state index in [0.29, 0.717) is 0 Å². The summed E-state index contributed by atoms with van der Waals surface area (Å²) >= 11 is 4.85. The van der Waals surface area contributed by atoms with Crippen LogP contribution < -0.4 is 5.32 Å². The molecule has 1 aromatic carbocycles. The molecule has 0 unspecified atom stereocenters. The summed E-state index contributed by atoms with van der Waals surface area (Å²) in [6.07, 6.45) is 0. The second-order valence-corrected chi connectivity index (χ2v) is 5.57. The number of rotatable bonds is 2. The minimum absolute atomic E-state index is 0.0552. The second kappa shape index (κ2) is 4.80. The zero-order valence-corrected chi connectivity index (χ0v) is 11.1. The highest BCUT2D eigenvalue weighted by atomic mass is 79.9. The van der Waals surface area contributed by atoms with Crippen LogP contribution >= 0.6 is 27.3 Å². The van der Waals surface area contributed by atoms with Crippen LogP contribution in [0.2, 0.25) is 0 Å². The molecule has 0 aliphatic carbocycles. The molecule has 0 saturated carbocycles. The number of carbonyl (C=O) groups is 1. The lowest BCUT2D eigenvalue weighted by molar-refractivity contribution is 0.103. The van der Waals surface area contributed by atoms with Crippen molar-refractivity contribution in [2.24, 2.45) is 0 Å². The van der Waals surface area contributed by atoms with E-state index in [0.717, 1.165) is 19.9 Å². The minimum Gasteiger partial charge on any atom is -0.321 e. The van der Waals surface area contributed by atoms with E-state index in [4.69, 9.17) is 0 Å². The first-order valence-electron chi connectivity index (χ1n) is 4.78. The Labute approximate surface area is 106 Å². The lowest BCUT2D eigenvalue weighted by atomic mass is 10.3. The Morgan fingerprint density at radius 1 is 1.19 bits per heavy atom. The van der Waals surface area contributed by atoms with Crippen molar-refractivity contribution in [2.45, 2.75) is 6.92 Å². The zero-order chi connectivity index (χ0) is 11.5. The number of halogens is 1. The topological polar surface area (TPSA) is 29.1 Å². The largest absolute Gasteiger partial charge is 0.321 e. The highest BCUT2D eigenvalue weighted by Gasteiger charge is 2.07. The molecular weight excluding hydrogens is 286 g/mol. The quantitative estimate of drug-likeness (QED) is 0.889. The van der Waals surface area contributed by atoms with Crippen molar-refractivity contribution in [1.82, 2.24) is 0 Å². The summed E-state index contributed by atoms with van der Waals surface area (Å²) in [7, 11) is 0. The van der Waals surface area contributed by atoms with Gasteiger partial charge in [0.25, 0.3) is 5.91 Å². The summed E-state index contributed by atoms with van der Waals surface area (Å²) in [6, 6.07) is 11.3. The van der Waals surface area contributed by atoms with Crippen LogP contribution in [0.3, 0.4) is 0 Å². The molecule has 2 aromatic rings. The molecule has 0 spiro atoms. The lowest BCUT2D eigenvalue weighted by Gasteiger charge is -2.02. The number of hydrogen-bond acceptors (Lipinski definition) is 2. The van der Waals surface area contributed by atoms with Gasteiger partial charge < -0.3 is 5.32 Å². The molecule has 0 radical (unpaired) electrons. The van der Waals surface area contributed by atoms with Gasteiger partial charge in [-0.25, -0.2) is 0 Å². The SMILES string of the molecule is Cc1ccc(C(=O)Nc2ccc(Br)cc2)s1. The van der Waals surface area contributed by atoms with Gasteiger partial charge in [-0.15, -0.1) is 11.3 Å². The van der Waals surface area contributed by atoms with Crippen molar-refractivity contribution in [3.05, 3.63) is 50.6 Å². The fourth-order valence-corrected chi connectivity index (χ4v) is 2.31. The summed E-state index contributed by atoms with van der Waals surface area (Å²) in [5.74, 6) is -0.0552. The van der Waals surface area contributed by atoms with Gasteiger partial charge in [0.05, 0.1) is 4.88 Å². The van der Waals surface area contributed by atoms with Crippen LogP contribution in [0.5, 0.6) is 0 Å². The fraction of sp³-hybridized carbons (Fsp3) is 0.0833. The van der Waals surface area contributed by atoms with Crippen molar-refractivity contribution in [1.29, 1.82) is 0 Å². The molecule has 2 rings (SSSR count). The van der Waals surface area contributed by atoms with Crippen LogP contribution in [0.15, 0.2) is 40.9 Å². The van der Waals surface area contributed by atoms with Crippen molar-refractivity contribution < 1.29 is 4.79 Å². The van der Waals surface area contributed by atoms with E-state index in [-0.39, 0.29) is 5.91 Å².